The van der Waals surface area contributed by atoms with Crippen LogP contribution in [-0.2, 0) is 0 Å². The van der Waals surface area contributed by atoms with Crippen LogP contribution < -0.4 is 5.32 Å². The first-order valence-corrected chi connectivity index (χ1v) is 9.11. The van der Waals surface area contributed by atoms with Crippen LogP contribution in [0.25, 0.3) is 16.9 Å². The molecule has 1 aliphatic heterocycles. The summed E-state index contributed by atoms with van der Waals surface area (Å²) in [5, 5.41) is 8.51. The highest BCUT2D eigenvalue weighted by atomic mass is 35.5. The highest BCUT2D eigenvalue weighted by Crippen LogP contribution is 2.20. The van der Waals surface area contributed by atoms with Gasteiger partial charge in [0.15, 0.2) is 0 Å². The molecular weight excluding hydrogens is 348 g/mol. The molecule has 2 aromatic heterocycles. The van der Waals surface area contributed by atoms with E-state index in [-0.39, 0.29) is 0 Å². The number of nitrogens with one attached hydrogen (secondary N) is 1. The summed E-state index contributed by atoms with van der Waals surface area (Å²) in [5.41, 5.74) is 2.76. The zero-order valence-corrected chi connectivity index (χ0v) is 15.4. The fourth-order valence-electron chi connectivity index (χ4n) is 3.22. The van der Waals surface area contributed by atoms with Gasteiger partial charge < -0.3 is 10.2 Å². The van der Waals surface area contributed by atoms with Gasteiger partial charge in [-0.25, -0.2) is 14.6 Å². The Hall–Kier alpha value is -2.44. The number of rotatable bonds is 5. The third kappa shape index (κ3) is 3.86. The molecule has 0 saturated carbocycles. The maximum absolute atomic E-state index is 5.95. The fraction of sp³-hybridized carbons (Fsp3) is 0.316. The first-order chi connectivity index (χ1) is 12.7. The predicted molar refractivity (Wildman–Crippen MR) is 104 cm³/mol. The Bertz CT molecular complexity index is 876. The molecule has 3 aromatic rings. The van der Waals surface area contributed by atoms with Gasteiger partial charge >= 0.3 is 0 Å². The van der Waals surface area contributed by atoms with Crippen molar-refractivity contribution in [2.24, 2.45) is 5.92 Å². The van der Waals surface area contributed by atoms with E-state index in [1.165, 1.54) is 6.42 Å². The number of likely N-dealkylation sites (tertiary alicyclic amines) is 1. The molecule has 1 fully saturated rings. The molecule has 0 spiro atoms. The van der Waals surface area contributed by atoms with Gasteiger partial charge in [-0.15, -0.1) is 0 Å². The van der Waals surface area contributed by atoms with Crippen LogP contribution in [0.2, 0.25) is 5.02 Å². The van der Waals surface area contributed by atoms with Gasteiger partial charge in [-0.2, -0.15) is 5.10 Å². The van der Waals surface area contributed by atoms with E-state index in [0.29, 0.717) is 16.9 Å². The van der Waals surface area contributed by atoms with E-state index in [1.807, 2.05) is 47.4 Å². The van der Waals surface area contributed by atoms with E-state index in [4.69, 9.17) is 11.6 Å². The zero-order valence-electron chi connectivity index (χ0n) is 14.6. The van der Waals surface area contributed by atoms with E-state index in [0.717, 1.165) is 36.6 Å². The maximum Gasteiger partial charge on any atom is 0.223 e. The van der Waals surface area contributed by atoms with Crippen LogP contribution in [0.4, 0.5) is 5.95 Å². The quantitative estimate of drug-likeness (QED) is 0.748. The summed E-state index contributed by atoms with van der Waals surface area (Å²) in [7, 11) is 2.16. The molecule has 1 aromatic carbocycles. The van der Waals surface area contributed by atoms with Crippen LogP contribution in [0, 0.1) is 5.92 Å². The van der Waals surface area contributed by atoms with Crippen LogP contribution in [0.5, 0.6) is 0 Å². The maximum atomic E-state index is 5.95. The van der Waals surface area contributed by atoms with Crippen molar-refractivity contribution in [2.75, 3.05) is 32.0 Å². The molecule has 1 unspecified atom stereocenters. The van der Waals surface area contributed by atoms with Gasteiger partial charge in [0.25, 0.3) is 0 Å². The summed E-state index contributed by atoms with van der Waals surface area (Å²) in [6, 6.07) is 9.48. The Labute approximate surface area is 157 Å². The molecule has 1 aliphatic rings. The standard InChI is InChI=1S/C19H21ClN6/c1-25-9-7-14(12-25)10-22-19-21-8-6-18(24-19)15-11-23-26(13-15)17-4-2-16(20)3-5-17/h2-6,8,11,13-14H,7,9-10,12H2,1H3,(H,21,22,24). The third-order valence-electron chi connectivity index (χ3n) is 4.66. The first-order valence-electron chi connectivity index (χ1n) is 8.74. The number of nitrogens with zero attached hydrogens (tertiary/aromatic N) is 5. The lowest BCUT2D eigenvalue weighted by Gasteiger charge is -2.11. The van der Waals surface area contributed by atoms with Crippen LogP contribution in [0.3, 0.4) is 0 Å². The van der Waals surface area contributed by atoms with Crippen molar-refractivity contribution in [1.82, 2.24) is 24.6 Å². The van der Waals surface area contributed by atoms with Crippen LogP contribution in [0.1, 0.15) is 6.42 Å². The van der Waals surface area contributed by atoms with Crippen molar-refractivity contribution >= 4 is 17.5 Å². The number of aromatic nitrogens is 4. The summed E-state index contributed by atoms with van der Waals surface area (Å²) in [5.74, 6) is 1.32. The van der Waals surface area contributed by atoms with Gasteiger partial charge in [-0.1, -0.05) is 11.6 Å². The van der Waals surface area contributed by atoms with Crippen molar-refractivity contribution in [3.63, 3.8) is 0 Å². The van der Waals surface area contributed by atoms with E-state index >= 15 is 0 Å². The van der Waals surface area contributed by atoms with Crippen molar-refractivity contribution in [2.45, 2.75) is 6.42 Å². The second kappa shape index (κ2) is 7.43. The predicted octanol–water partition coefficient (Wildman–Crippen LogP) is 3.35. The minimum absolute atomic E-state index is 0.653. The number of halogens is 1. The Balaban J connectivity index is 1.47. The number of benzene rings is 1. The summed E-state index contributed by atoms with van der Waals surface area (Å²) in [4.78, 5) is 11.3. The Kier molecular flexibility index (Phi) is 4.86. The molecule has 1 saturated heterocycles. The minimum Gasteiger partial charge on any atom is -0.354 e. The van der Waals surface area contributed by atoms with Gasteiger partial charge in [0.05, 0.1) is 17.6 Å². The zero-order chi connectivity index (χ0) is 17.9. The van der Waals surface area contributed by atoms with Gasteiger partial charge in [0.1, 0.15) is 0 Å². The van der Waals surface area contributed by atoms with Crippen molar-refractivity contribution in [3.05, 3.63) is 53.9 Å². The molecule has 0 bridgehead atoms. The summed E-state index contributed by atoms with van der Waals surface area (Å²) >= 11 is 5.95. The van der Waals surface area contributed by atoms with Gasteiger partial charge in [-0.05, 0) is 56.3 Å². The molecule has 0 amide bonds. The van der Waals surface area contributed by atoms with E-state index in [9.17, 15) is 0 Å². The molecule has 7 heteroatoms. The molecule has 0 aliphatic carbocycles. The number of anilines is 1. The molecule has 0 radical (unpaired) electrons. The van der Waals surface area contributed by atoms with Crippen LogP contribution >= 0.6 is 11.6 Å². The molecule has 6 nitrogen and oxygen atoms in total. The van der Waals surface area contributed by atoms with Crippen LogP contribution in [-0.4, -0.2) is 51.3 Å². The molecule has 134 valence electrons. The van der Waals surface area contributed by atoms with Crippen molar-refractivity contribution in [3.8, 4) is 16.9 Å². The van der Waals surface area contributed by atoms with Crippen molar-refractivity contribution in [1.29, 1.82) is 0 Å². The average molecular weight is 369 g/mol. The Morgan fingerprint density at radius 1 is 1.23 bits per heavy atom. The lowest BCUT2D eigenvalue weighted by molar-refractivity contribution is 0.399. The Morgan fingerprint density at radius 3 is 2.85 bits per heavy atom. The molecule has 4 rings (SSSR count). The largest absolute Gasteiger partial charge is 0.354 e. The third-order valence-corrected chi connectivity index (χ3v) is 4.91. The first kappa shape index (κ1) is 17.0. The highest BCUT2D eigenvalue weighted by molar-refractivity contribution is 6.30. The molecule has 3 heterocycles. The van der Waals surface area contributed by atoms with Crippen LogP contribution in [0.15, 0.2) is 48.9 Å². The summed E-state index contributed by atoms with van der Waals surface area (Å²) in [6.45, 7) is 3.19. The van der Waals surface area contributed by atoms with Gasteiger partial charge in [0.2, 0.25) is 5.95 Å². The monoisotopic (exact) mass is 368 g/mol. The lowest BCUT2D eigenvalue weighted by Crippen LogP contribution is -2.19. The van der Waals surface area contributed by atoms with E-state index in [1.54, 1.807) is 6.20 Å². The fourth-order valence-corrected chi connectivity index (χ4v) is 3.35. The molecule has 26 heavy (non-hydrogen) atoms. The molecule has 1 atom stereocenters. The number of hydrogen-bond acceptors (Lipinski definition) is 5. The summed E-state index contributed by atoms with van der Waals surface area (Å²) < 4.78 is 1.81. The SMILES string of the molecule is CN1CCC(CNc2nccc(-c3cnn(-c4ccc(Cl)cc4)c3)n2)C1. The van der Waals surface area contributed by atoms with E-state index in [2.05, 4.69) is 32.3 Å². The number of hydrogen-bond donors (Lipinski definition) is 1. The second-order valence-electron chi connectivity index (χ2n) is 6.71. The second-order valence-corrected chi connectivity index (χ2v) is 7.15. The van der Waals surface area contributed by atoms with E-state index < -0.39 is 0 Å². The van der Waals surface area contributed by atoms with Crippen molar-refractivity contribution < 1.29 is 0 Å². The minimum atomic E-state index is 0.653. The topological polar surface area (TPSA) is 58.9 Å². The summed E-state index contributed by atoms with van der Waals surface area (Å²) in [6.07, 6.45) is 6.77. The average Bonchev–Trinajstić information content (AvgIpc) is 3.30. The molecule has 1 N–H and O–H groups in total. The lowest BCUT2D eigenvalue weighted by atomic mass is 10.1. The Morgan fingerprint density at radius 2 is 2.08 bits per heavy atom. The highest BCUT2D eigenvalue weighted by Gasteiger charge is 2.19. The molecular formula is C19H21ClN6. The smallest absolute Gasteiger partial charge is 0.223 e. The van der Waals surface area contributed by atoms with Gasteiger partial charge in [-0.3, -0.25) is 0 Å². The normalized spacial score (nSPS) is 17.5. The van der Waals surface area contributed by atoms with Gasteiger partial charge in [0, 0.05) is 36.1 Å².